The van der Waals surface area contributed by atoms with E-state index in [-0.39, 0.29) is 16.8 Å². The summed E-state index contributed by atoms with van der Waals surface area (Å²) in [6.07, 6.45) is 5.33. The lowest BCUT2D eigenvalue weighted by Crippen LogP contribution is -2.15. The summed E-state index contributed by atoms with van der Waals surface area (Å²) in [6, 6.07) is 7.10. The van der Waals surface area contributed by atoms with Gasteiger partial charge >= 0.3 is 0 Å². The number of benzene rings is 1. The smallest absolute Gasteiger partial charge is 0.145 e. The summed E-state index contributed by atoms with van der Waals surface area (Å²) in [5, 5.41) is 3.30. The molecule has 8 heteroatoms. The molecule has 28 heavy (non-hydrogen) atoms. The molecule has 148 valence electrons. The van der Waals surface area contributed by atoms with Crippen LogP contribution in [-0.4, -0.2) is 21.2 Å². The second kappa shape index (κ2) is 8.92. The summed E-state index contributed by atoms with van der Waals surface area (Å²) in [5.41, 5.74) is 2.11. The van der Waals surface area contributed by atoms with Gasteiger partial charge in [-0.3, -0.25) is 0 Å². The van der Waals surface area contributed by atoms with Crippen LogP contribution in [0.3, 0.4) is 0 Å². The van der Waals surface area contributed by atoms with Crippen LogP contribution in [0.5, 0.6) is 0 Å². The molecule has 2 heterocycles. The largest absolute Gasteiger partial charge is 0.356 e. The SMILES string of the molecule is CS.Cc1cnc([C@H](Nc2ccc(F)c(C3CC3)n2)c2ccc(F)c(Cl)c2)[nH]1. The summed E-state index contributed by atoms with van der Waals surface area (Å²) in [5.74, 6) is 0.604. The highest BCUT2D eigenvalue weighted by Gasteiger charge is 2.29. The summed E-state index contributed by atoms with van der Waals surface area (Å²) >= 11 is 9.48. The predicted molar refractivity (Wildman–Crippen MR) is 111 cm³/mol. The molecule has 4 nitrogen and oxygen atoms in total. The van der Waals surface area contributed by atoms with Crippen LogP contribution < -0.4 is 5.32 Å². The average molecular weight is 423 g/mol. The third kappa shape index (κ3) is 4.64. The van der Waals surface area contributed by atoms with Crippen molar-refractivity contribution < 1.29 is 8.78 Å². The quantitative estimate of drug-likeness (QED) is 0.464. The van der Waals surface area contributed by atoms with E-state index in [2.05, 4.69) is 32.9 Å². The Morgan fingerprint density at radius 2 is 1.89 bits per heavy atom. The first-order valence-electron chi connectivity index (χ1n) is 8.85. The van der Waals surface area contributed by atoms with Crippen LogP contribution in [0, 0.1) is 18.6 Å². The Kier molecular flexibility index (Phi) is 6.57. The first kappa shape index (κ1) is 20.6. The van der Waals surface area contributed by atoms with Crippen molar-refractivity contribution in [2.75, 3.05) is 11.6 Å². The fourth-order valence-corrected chi connectivity index (χ4v) is 3.10. The second-order valence-corrected chi connectivity index (χ2v) is 6.95. The maximum Gasteiger partial charge on any atom is 0.145 e. The third-order valence-electron chi connectivity index (χ3n) is 4.40. The topological polar surface area (TPSA) is 53.6 Å². The number of hydrogen-bond acceptors (Lipinski definition) is 4. The van der Waals surface area contributed by atoms with E-state index in [1.54, 1.807) is 30.7 Å². The number of rotatable bonds is 5. The molecule has 3 aromatic rings. The van der Waals surface area contributed by atoms with E-state index >= 15 is 0 Å². The zero-order valence-electron chi connectivity index (χ0n) is 15.5. The summed E-state index contributed by atoms with van der Waals surface area (Å²) < 4.78 is 27.5. The number of anilines is 1. The number of aromatic amines is 1. The number of thiol groups is 1. The summed E-state index contributed by atoms with van der Waals surface area (Å²) in [4.78, 5) is 12.0. The van der Waals surface area contributed by atoms with Gasteiger partial charge in [0.15, 0.2) is 0 Å². The molecule has 4 rings (SSSR count). The minimum atomic E-state index is -0.485. The van der Waals surface area contributed by atoms with Crippen LogP contribution >= 0.6 is 24.2 Å². The standard InChI is InChI=1S/C19H17ClF2N4.CH4S/c1-10-9-23-19(24-10)18(12-4-5-14(21)13(20)8-12)26-16-7-6-15(22)17(25-16)11-2-3-11;1-2/h4-9,11,18H,2-3H2,1H3,(H,23,24)(H,25,26);2H,1H3/t18-;/m1./s1. The fraction of sp³-hybridized carbons (Fsp3) is 0.300. The molecule has 0 unspecified atom stereocenters. The molecule has 0 saturated heterocycles. The molecular formula is C20H21ClF2N4S. The van der Waals surface area contributed by atoms with Gasteiger partial charge in [-0.15, -0.1) is 0 Å². The van der Waals surface area contributed by atoms with Gasteiger partial charge < -0.3 is 10.3 Å². The molecule has 1 aliphatic rings. The molecule has 1 saturated carbocycles. The van der Waals surface area contributed by atoms with E-state index in [0.717, 1.165) is 24.1 Å². The Morgan fingerprint density at radius 3 is 2.50 bits per heavy atom. The Labute approximate surface area is 173 Å². The van der Waals surface area contributed by atoms with E-state index in [9.17, 15) is 8.78 Å². The van der Waals surface area contributed by atoms with Crippen LogP contribution in [0.4, 0.5) is 14.6 Å². The second-order valence-electron chi connectivity index (χ2n) is 6.54. The molecule has 2 aromatic heterocycles. The van der Waals surface area contributed by atoms with Crippen molar-refractivity contribution in [3.8, 4) is 0 Å². The molecule has 0 aliphatic heterocycles. The Balaban J connectivity index is 0.00000109. The van der Waals surface area contributed by atoms with Crippen LogP contribution in [0.25, 0.3) is 0 Å². The first-order chi connectivity index (χ1) is 13.5. The normalized spacial score (nSPS) is 14.2. The van der Waals surface area contributed by atoms with Gasteiger partial charge in [-0.1, -0.05) is 17.7 Å². The van der Waals surface area contributed by atoms with Crippen molar-refractivity contribution in [3.05, 3.63) is 76.0 Å². The number of aromatic nitrogens is 3. The van der Waals surface area contributed by atoms with Crippen molar-refractivity contribution in [1.82, 2.24) is 15.0 Å². The van der Waals surface area contributed by atoms with E-state index in [0.29, 0.717) is 17.3 Å². The van der Waals surface area contributed by atoms with Crippen LogP contribution in [0.2, 0.25) is 5.02 Å². The Bertz CT molecular complexity index is 959. The lowest BCUT2D eigenvalue weighted by Gasteiger charge is -2.19. The molecule has 0 radical (unpaired) electrons. The maximum absolute atomic E-state index is 14.0. The highest BCUT2D eigenvalue weighted by Crippen LogP contribution is 2.40. The predicted octanol–water partition coefficient (Wildman–Crippen LogP) is 5.67. The van der Waals surface area contributed by atoms with Gasteiger partial charge in [0.05, 0.1) is 10.7 Å². The molecule has 0 bridgehead atoms. The first-order valence-corrected chi connectivity index (χ1v) is 10.1. The monoisotopic (exact) mass is 422 g/mol. The number of hydrogen-bond donors (Lipinski definition) is 3. The summed E-state index contributed by atoms with van der Waals surface area (Å²) in [7, 11) is 0. The molecular weight excluding hydrogens is 402 g/mol. The van der Waals surface area contributed by atoms with Crippen molar-refractivity contribution in [2.45, 2.75) is 31.7 Å². The van der Waals surface area contributed by atoms with Crippen LogP contribution in [0.1, 0.15) is 47.6 Å². The highest BCUT2D eigenvalue weighted by atomic mass is 35.5. The minimum absolute atomic E-state index is 0.0308. The van der Waals surface area contributed by atoms with E-state index in [1.807, 2.05) is 6.92 Å². The molecule has 1 atom stereocenters. The lowest BCUT2D eigenvalue weighted by atomic mass is 10.1. The molecule has 1 aliphatic carbocycles. The molecule has 0 amide bonds. The summed E-state index contributed by atoms with van der Waals surface area (Å²) in [6.45, 7) is 1.90. The van der Waals surface area contributed by atoms with E-state index in [4.69, 9.17) is 11.6 Å². The van der Waals surface area contributed by atoms with Gasteiger partial charge in [0.2, 0.25) is 0 Å². The average Bonchev–Trinajstić information content (AvgIpc) is 3.45. The Hall–Kier alpha value is -2.12. The van der Waals surface area contributed by atoms with Crippen molar-refractivity contribution >= 4 is 30.0 Å². The maximum atomic E-state index is 14.0. The minimum Gasteiger partial charge on any atom is -0.356 e. The zero-order chi connectivity index (χ0) is 20.3. The number of aryl methyl sites for hydroxylation is 1. The number of pyridine rings is 1. The van der Waals surface area contributed by atoms with Crippen molar-refractivity contribution in [2.24, 2.45) is 0 Å². The van der Waals surface area contributed by atoms with Gasteiger partial charge in [-0.05, 0) is 55.9 Å². The van der Waals surface area contributed by atoms with Gasteiger partial charge in [0.25, 0.3) is 0 Å². The van der Waals surface area contributed by atoms with Crippen molar-refractivity contribution in [1.29, 1.82) is 0 Å². The van der Waals surface area contributed by atoms with Gasteiger partial charge in [-0.2, -0.15) is 12.6 Å². The molecule has 1 aromatic carbocycles. The number of H-pyrrole nitrogens is 1. The highest BCUT2D eigenvalue weighted by molar-refractivity contribution is 7.79. The fourth-order valence-electron chi connectivity index (χ4n) is 2.91. The molecule has 0 spiro atoms. The lowest BCUT2D eigenvalue weighted by molar-refractivity contribution is 0.600. The number of halogens is 3. The van der Waals surface area contributed by atoms with E-state index in [1.165, 1.54) is 12.1 Å². The van der Waals surface area contributed by atoms with Crippen LogP contribution in [0.15, 0.2) is 36.5 Å². The van der Waals surface area contributed by atoms with E-state index < -0.39 is 11.9 Å². The van der Waals surface area contributed by atoms with Crippen molar-refractivity contribution in [3.63, 3.8) is 0 Å². The van der Waals surface area contributed by atoms with Gasteiger partial charge in [-0.25, -0.2) is 18.7 Å². The van der Waals surface area contributed by atoms with Gasteiger partial charge in [0, 0.05) is 17.8 Å². The zero-order valence-corrected chi connectivity index (χ0v) is 17.2. The van der Waals surface area contributed by atoms with Gasteiger partial charge in [0.1, 0.15) is 29.3 Å². The number of nitrogens with one attached hydrogen (secondary N) is 2. The number of nitrogens with zero attached hydrogens (tertiary/aromatic N) is 2. The third-order valence-corrected chi connectivity index (χ3v) is 4.69. The molecule has 1 fully saturated rings. The molecule has 2 N–H and O–H groups in total. The van der Waals surface area contributed by atoms with Crippen LogP contribution in [-0.2, 0) is 0 Å². The number of imidazole rings is 1. The Morgan fingerprint density at radius 1 is 1.18 bits per heavy atom.